The van der Waals surface area contributed by atoms with Crippen LogP contribution in [0.25, 0.3) is 5.65 Å². The van der Waals surface area contributed by atoms with Crippen molar-refractivity contribution in [3.05, 3.63) is 41.0 Å². The molecule has 39 heavy (non-hydrogen) atoms. The van der Waals surface area contributed by atoms with Gasteiger partial charge in [0, 0.05) is 17.2 Å². The Morgan fingerprint density at radius 3 is 2.31 bits per heavy atom. The van der Waals surface area contributed by atoms with E-state index in [1.165, 1.54) is 34.9 Å². The van der Waals surface area contributed by atoms with Crippen LogP contribution in [-0.4, -0.2) is 44.5 Å². The lowest BCUT2D eigenvalue weighted by molar-refractivity contribution is 0.0964. The molecule has 0 unspecified atom stereocenters. The van der Waals surface area contributed by atoms with E-state index < -0.39 is 0 Å². The number of carbonyl (C=O) groups excluding carboxylic acids is 1. The summed E-state index contributed by atoms with van der Waals surface area (Å²) in [6, 6.07) is 7.25. The Balaban J connectivity index is 1.43. The third-order valence-corrected chi connectivity index (χ3v) is 7.47. The van der Waals surface area contributed by atoms with Gasteiger partial charge in [-0.05, 0) is 74.0 Å². The maximum Gasteiger partial charge on any atom is 0.242 e. The number of nitrogens with zero attached hydrogens (tertiary/aromatic N) is 4. The Morgan fingerprint density at radius 1 is 1.03 bits per heavy atom. The first kappa shape index (κ1) is 27.2. The monoisotopic (exact) mass is 535 g/mol. The van der Waals surface area contributed by atoms with E-state index in [0.29, 0.717) is 47.9 Å². The lowest BCUT2D eigenvalue weighted by Gasteiger charge is -2.26. The number of hydrogen-bond donors (Lipinski definition) is 1. The minimum Gasteiger partial charge on any atom is -0.489 e. The molecule has 1 N–H and O–H groups in total. The number of benzene rings is 1. The summed E-state index contributed by atoms with van der Waals surface area (Å²) in [5.74, 6) is 2.85. The number of fused-ring (bicyclic) bond motifs is 1. The van der Waals surface area contributed by atoms with Crippen LogP contribution in [0.15, 0.2) is 24.3 Å². The first-order valence-corrected chi connectivity index (χ1v) is 14.3. The van der Waals surface area contributed by atoms with Crippen LogP contribution < -0.4 is 19.8 Å². The Morgan fingerprint density at radius 2 is 1.69 bits per heavy atom. The van der Waals surface area contributed by atoms with E-state index in [4.69, 9.17) is 19.6 Å². The molecule has 2 fully saturated rings. The molecular weight excluding hydrogens is 494 g/mol. The van der Waals surface area contributed by atoms with Gasteiger partial charge in [-0.15, -0.1) is 10.2 Å². The second-order valence-electron chi connectivity index (χ2n) is 12.0. The maximum atomic E-state index is 13.6. The second kappa shape index (κ2) is 11.0. The molecule has 0 bridgehead atoms. The highest BCUT2D eigenvalue weighted by Gasteiger charge is 2.30. The maximum absolute atomic E-state index is 13.6. The predicted octanol–water partition coefficient (Wildman–Crippen LogP) is 5.34. The van der Waals surface area contributed by atoms with Crippen molar-refractivity contribution in [3.8, 4) is 17.4 Å². The van der Waals surface area contributed by atoms with Crippen LogP contribution in [0.5, 0.6) is 17.4 Å². The van der Waals surface area contributed by atoms with Gasteiger partial charge in [-0.25, -0.2) is 4.68 Å². The number of rotatable bonds is 13. The van der Waals surface area contributed by atoms with Crippen molar-refractivity contribution in [2.45, 2.75) is 91.2 Å². The summed E-state index contributed by atoms with van der Waals surface area (Å²) in [6.45, 7) is 11.7. The summed E-state index contributed by atoms with van der Waals surface area (Å²) in [6.07, 6.45) is 6.56. The quantitative estimate of drug-likeness (QED) is 0.297. The summed E-state index contributed by atoms with van der Waals surface area (Å²) in [4.78, 5) is 13.6. The van der Waals surface area contributed by atoms with Gasteiger partial charge in [0.15, 0.2) is 22.9 Å². The van der Waals surface area contributed by atoms with E-state index in [0.717, 1.165) is 24.2 Å². The van der Waals surface area contributed by atoms with Crippen LogP contribution >= 0.6 is 0 Å². The molecular formula is C30H41N5O4. The molecule has 0 atom stereocenters. The molecule has 1 aromatic carbocycles. The third-order valence-electron chi connectivity index (χ3n) is 7.47. The highest BCUT2D eigenvalue weighted by Crippen LogP contribution is 2.42. The fourth-order valence-electron chi connectivity index (χ4n) is 4.49. The number of carbonyl (C=O) groups is 1. The summed E-state index contributed by atoms with van der Waals surface area (Å²) in [5.41, 5.74) is 1.73. The van der Waals surface area contributed by atoms with Gasteiger partial charge in [0.2, 0.25) is 11.5 Å². The Kier molecular flexibility index (Phi) is 7.69. The molecule has 9 nitrogen and oxygen atoms in total. The fraction of sp³-hybridized carbons (Fsp3) is 0.600. The number of ketones is 1. The van der Waals surface area contributed by atoms with Crippen molar-refractivity contribution < 1.29 is 19.0 Å². The Bertz CT molecular complexity index is 1390. The predicted molar refractivity (Wildman–Crippen MR) is 148 cm³/mol. The number of Topliss-reactive ketones (excluding diaryl/α,β-unsaturated/α-hetero) is 1. The van der Waals surface area contributed by atoms with Gasteiger partial charge >= 0.3 is 0 Å². The number of aromatic nitrogens is 4. The molecule has 0 radical (unpaired) electrons. The zero-order chi connectivity index (χ0) is 27.7. The van der Waals surface area contributed by atoms with Crippen LogP contribution in [0.2, 0.25) is 0 Å². The first-order chi connectivity index (χ1) is 18.7. The van der Waals surface area contributed by atoms with Gasteiger partial charge in [0.25, 0.3) is 0 Å². The molecule has 2 saturated carbocycles. The fourth-order valence-corrected chi connectivity index (χ4v) is 4.49. The molecule has 0 amide bonds. The van der Waals surface area contributed by atoms with E-state index in [1.807, 2.05) is 12.1 Å². The Hall–Kier alpha value is -3.36. The molecule has 9 heteroatoms. The minimum absolute atomic E-state index is 0.0129. The highest BCUT2D eigenvalue weighted by molar-refractivity contribution is 5.97. The summed E-state index contributed by atoms with van der Waals surface area (Å²) in [7, 11) is 0. The highest BCUT2D eigenvalue weighted by atomic mass is 16.5. The van der Waals surface area contributed by atoms with Gasteiger partial charge in [-0.2, -0.15) is 4.52 Å². The topological polar surface area (TPSA) is 104 Å². The number of hydrogen-bond acceptors (Lipinski definition) is 7. The van der Waals surface area contributed by atoms with Crippen molar-refractivity contribution in [3.63, 3.8) is 0 Å². The van der Waals surface area contributed by atoms with Crippen LogP contribution in [0.4, 0.5) is 0 Å². The molecule has 0 saturated heterocycles. The van der Waals surface area contributed by atoms with Crippen molar-refractivity contribution in [1.82, 2.24) is 19.4 Å². The number of ether oxygens (including phenoxy) is 3. The van der Waals surface area contributed by atoms with E-state index in [1.54, 1.807) is 12.1 Å². The average molecular weight is 536 g/mol. The van der Waals surface area contributed by atoms with Gasteiger partial charge in [0.1, 0.15) is 6.54 Å². The second-order valence-corrected chi connectivity index (χ2v) is 12.0. The zero-order valence-electron chi connectivity index (χ0n) is 23.8. The van der Waals surface area contributed by atoms with E-state index in [-0.39, 0.29) is 29.5 Å². The molecule has 3 aromatic rings. The summed E-state index contributed by atoms with van der Waals surface area (Å²) in [5, 5.41) is 17.5. The van der Waals surface area contributed by atoms with E-state index in [2.05, 4.69) is 44.8 Å². The lowest BCUT2D eigenvalue weighted by Crippen LogP contribution is -2.27. The van der Waals surface area contributed by atoms with Gasteiger partial charge in [0.05, 0.1) is 19.3 Å². The number of nitrogens with one attached hydrogen (secondary N) is 1. The Labute approximate surface area is 230 Å². The largest absolute Gasteiger partial charge is 0.489 e. The molecule has 2 aliphatic carbocycles. The minimum atomic E-state index is -0.251. The van der Waals surface area contributed by atoms with Gasteiger partial charge < -0.3 is 14.2 Å². The van der Waals surface area contributed by atoms with E-state index >= 15 is 0 Å². The zero-order valence-corrected chi connectivity index (χ0v) is 23.8. The standard InChI is InChI=1S/C30H41N5O4/c1-6-22(7-2)39-27-13-12-26-32-34(29(31)35(26)33-27)16-24(36)21-14-23(30(3,4)5)28(38-18-20-10-11-20)25(15-21)37-17-19-8-9-19/h12-15,19-20,22,31H,6-11,16-18H2,1-5H3. The molecule has 0 spiro atoms. The first-order valence-electron chi connectivity index (χ1n) is 14.3. The van der Waals surface area contributed by atoms with Gasteiger partial charge in [-0.3, -0.25) is 10.2 Å². The summed E-state index contributed by atoms with van der Waals surface area (Å²) >= 11 is 0. The average Bonchev–Trinajstić information content (AvgIpc) is 3.84. The van der Waals surface area contributed by atoms with E-state index in [9.17, 15) is 4.79 Å². The molecule has 2 aliphatic rings. The normalized spacial score (nSPS) is 15.6. The van der Waals surface area contributed by atoms with Crippen LogP contribution in [0.3, 0.4) is 0 Å². The smallest absolute Gasteiger partial charge is 0.242 e. The lowest BCUT2D eigenvalue weighted by atomic mass is 9.84. The van der Waals surface area contributed by atoms with Crippen LogP contribution in [0, 0.1) is 17.2 Å². The van der Waals surface area contributed by atoms with Crippen molar-refractivity contribution in [2.75, 3.05) is 13.2 Å². The summed E-state index contributed by atoms with van der Waals surface area (Å²) < 4.78 is 21.3. The van der Waals surface area contributed by atoms with Crippen molar-refractivity contribution in [2.24, 2.45) is 11.8 Å². The molecule has 5 rings (SSSR count). The van der Waals surface area contributed by atoms with Crippen LogP contribution in [0.1, 0.15) is 89.1 Å². The SMILES string of the molecule is CCC(CC)Oc1ccc2nn(CC(=O)c3cc(OCC4CC4)c(OCC4CC4)c(C(C)(C)C)c3)c(=N)n2n1. The molecule has 0 aliphatic heterocycles. The van der Waals surface area contributed by atoms with Crippen molar-refractivity contribution >= 4 is 11.4 Å². The van der Waals surface area contributed by atoms with Crippen LogP contribution in [-0.2, 0) is 12.0 Å². The third kappa shape index (κ3) is 6.45. The van der Waals surface area contributed by atoms with Gasteiger partial charge in [-0.1, -0.05) is 34.6 Å². The molecule has 2 aromatic heterocycles. The molecule has 210 valence electrons. The van der Waals surface area contributed by atoms with Crippen molar-refractivity contribution in [1.29, 1.82) is 5.41 Å². The molecule has 2 heterocycles.